The molecule has 234 valence electrons. The van der Waals surface area contributed by atoms with Gasteiger partial charge in [-0.05, 0) is 78.9 Å². The second kappa shape index (κ2) is 14.7. The van der Waals surface area contributed by atoms with Crippen molar-refractivity contribution in [3.63, 3.8) is 0 Å². The fourth-order valence-corrected chi connectivity index (χ4v) is 7.13. The average molecular weight is 685 g/mol. The summed E-state index contributed by atoms with van der Waals surface area (Å²) in [5.41, 5.74) is 1.77. The molecule has 1 atom stereocenters. The molecule has 0 radical (unpaired) electrons. The number of halogens is 2. The Morgan fingerprint density at radius 2 is 1.80 bits per heavy atom. The highest BCUT2D eigenvalue weighted by molar-refractivity contribution is 8.00. The third-order valence-electron chi connectivity index (χ3n) is 6.99. The molecule has 1 aromatic heterocycles. The van der Waals surface area contributed by atoms with Crippen LogP contribution in [0.3, 0.4) is 0 Å². The van der Waals surface area contributed by atoms with Crippen LogP contribution >= 0.6 is 46.3 Å². The number of hydrogen-bond acceptors (Lipinski definition) is 9. The van der Waals surface area contributed by atoms with Gasteiger partial charge in [0.2, 0.25) is 5.13 Å². The molecule has 45 heavy (non-hydrogen) atoms. The Hall–Kier alpha value is -3.57. The van der Waals surface area contributed by atoms with Crippen molar-refractivity contribution in [1.29, 1.82) is 0 Å². The van der Waals surface area contributed by atoms with E-state index in [0.29, 0.717) is 61.9 Å². The number of rotatable bonds is 12. The summed E-state index contributed by atoms with van der Waals surface area (Å²) >= 11 is 14.9. The SMILES string of the molecule is CCOc1ccc(C(O)=C2C(=O)C(=O)N(c3nnc(SCc4ccc(Cl)cc4Cl)s3)C2c2cccc(OCCC(C)C)c2)cc1. The second-order valence-electron chi connectivity index (χ2n) is 10.6. The molecule has 1 aliphatic rings. The van der Waals surface area contributed by atoms with Crippen molar-refractivity contribution in [2.75, 3.05) is 18.1 Å². The largest absolute Gasteiger partial charge is 0.507 e. The molecule has 5 rings (SSSR count). The lowest BCUT2D eigenvalue weighted by Crippen LogP contribution is -2.29. The van der Waals surface area contributed by atoms with Crippen LogP contribution in [0.15, 0.2) is 76.6 Å². The quantitative estimate of drug-likeness (QED) is 0.0521. The minimum atomic E-state index is -0.971. The second-order valence-corrected chi connectivity index (χ2v) is 13.6. The fraction of sp³-hybridized carbons (Fsp3) is 0.273. The van der Waals surface area contributed by atoms with Gasteiger partial charge in [0, 0.05) is 21.4 Å². The third-order valence-corrected chi connectivity index (χ3v) is 9.68. The first kappa shape index (κ1) is 32.8. The molecule has 0 spiro atoms. The van der Waals surface area contributed by atoms with Crippen LogP contribution in [0.4, 0.5) is 5.13 Å². The number of Topliss-reactive ketones (excluding diaryl/α,β-unsaturated/α-hetero) is 1. The predicted octanol–water partition coefficient (Wildman–Crippen LogP) is 8.59. The lowest BCUT2D eigenvalue weighted by molar-refractivity contribution is -0.132. The summed E-state index contributed by atoms with van der Waals surface area (Å²) in [5.74, 6) is 0.243. The maximum atomic E-state index is 13.7. The molecule has 1 aliphatic heterocycles. The molecule has 1 fully saturated rings. The zero-order chi connectivity index (χ0) is 32.1. The van der Waals surface area contributed by atoms with E-state index in [0.717, 1.165) is 12.0 Å². The summed E-state index contributed by atoms with van der Waals surface area (Å²) in [4.78, 5) is 28.6. The van der Waals surface area contributed by atoms with Crippen LogP contribution in [0.2, 0.25) is 10.0 Å². The number of aromatic nitrogens is 2. The molecule has 0 aliphatic carbocycles. The van der Waals surface area contributed by atoms with Crippen molar-refractivity contribution < 1.29 is 24.2 Å². The highest BCUT2D eigenvalue weighted by Crippen LogP contribution is 2.45. The molecule has 1 unspecified atom stereocenters. The van der Waals surface area contributed by atoms with Crippen LogP contribution in [0, 0.1) is 5.92 Å². The van der Waals surface area contributed by atoms with Crippen LogP contribution < -0.4 is 14.4 Å². The van der Waals surface area contributed by atoms with Crippen molar-refractivity contribution >= 4 is 68.9 Å². The van der Waals surface area contributed by atoms with Gasteiger partial charge in [0.05, 0.1) is 24.8 Å². The first-order valence-corrected chi connectivity index (χ1v) is 16.9. The first-order valence-electron chi connectivity index (χ1n) is 14.3. The standard InChI is InChI=1S/C33H31Cl2N3O5S2/c1-4-42-24-12-9-20(10-13-24)29(39)27-28(21-6-5-7-25(16-21)43-15-14-19(2)3)38(31(41)30(27)40)32-36-37-33(45-32)44-18-22-8-11-23(34)17-26(22)35/h5-13,16-17,19,28,39H,4,14-15,18H2,1-3H3. The van der Waals surface area contributed by atoms with Crippen LogP contribution in [0.1, 0.15) is 49.9 Å². The Bertz CT molecular complexity index is 1730. The first-order chi connectivity index (χ1) is 21.7. The van der Waals surface area contributed by atoms with E-state index in [1.54, 1.807) is 54.6 Å². The predicted molar refractivity (Wildman–Crippen MR) is 180 cm³/mol. The van der Waals surface area contributed by atoms with Gasteiger partial charge in [-0.15, -0.1) is 10.2 Å². The van der Waals surface area contributed by atoms with Gasteiger partial charge in [-0.3, -0.25) is 14.5 Å². The minimum absolute atomic E-state index is 0.0548. The summed E-state index contributed by atoms with van der Waals surface area (Å²) in [6.45, 7) is 7.11. The number of aliphatic hydroxyl groups excluding tert-OH is 1. The van der Waals surface area contributed by atoms with E-state index < -0.39 is 17.7 Å². The number of ether oxygens (including phenoxy) is 2. The normalized spacial score (nSPS) is 16.0. The lowest BCUT2D eigenvalue weighted by Gasteiger charge is -2.23. The number of anilines is 1. The monoisotopic (exact) mass is 683 g/mol. The smallest absolute Gasteiger partial charge is 0.301 e. The van der Waals surface area contributed by atoms with E-state index in [1.807, 2.05) is 19.1 Å². The van der Waals surface area contributed by atoms with Gasteiger partial charge in [0.1, 0.15) is 17.3 Å². The zero-order valence-corrected chi connectivity index (χ0v) is 28.0. The Kier molecular flexibility index (Phi) is 10.7. The number of amides is 1. The third kappa shape index (κ3) is 7.64. The Labute approximate surface area is 280 Å². The van der Waals surface area contributed by atoms with E-state index in [1.165, 1.54) is 28.0 Å². The van der Waals surface area contributed by atoms with Crippen LogP contribution in [-0.2, 0) is 15.3 Å². The maximum Gasteiger partial charge on any atom is 0.301 e. The number of benzene rings is 3. The zero-order valence-electron chi connectivity index (χ0n) is 24.8. The molecule has 1 amide bonds. The molecule has 0 saturated carbocycles. The molecule has 3 aromatic carbocycles. The van der Waals surface area contributed by atoms with Crippen molar-refractivity contribution in [3.8, 4) is 11.5 Å². The van der Waals surface area contributed by atoms with Crippen molar-refractivity contribution in [2.24, 2.45) is 5.92 Å². The topological polar surface area (TPSA) is 102 Å². The fourth-order valence-electron chi connectivity index (χ4n) is 4.70. The number of carbonyl (C=O) groups is 2. The van der Waals surface area contributed by atoms with Gasteiger partial charge >= 0.3 is 5.91 Å². The van der Waals surface area contributed by atoms with Gasteiger partial charge in [-0.2, -0.15) is 0 Å². The van der Waals surface area contributed by atoms with Crippen molar-refractivity contribution in [3.05, 3.63) is 99.0 Å². The molecule has 12 heteroatoms. The Balaban J connectivity index is 1.52. The molecule has 2 heterocycles. The molecule has 4 aromatic rings. The van der Waals surface area contributed by atoms with Crippen molar-refractivity contribution in [1.82, 2.24) is 10.2 Å². The van der Waals surface area contributed by atoms with E-state index in [-0.39, 0.29) is 16.5 Å². The van der Waals surface area contributed by atoms with E-state index in [2.05, 4.69) is 24.0 Å². The highest BCUT2D eigenvalue weighted by atomic mass is 35.5. The summed E-state index contributed by atoms with van der Waals surface area (Å²) < 4.78 is 12.1. The number of ketones is 1. The van der Waals surface area contributed by atoms with Gasteiger partial charge in [0.25, 0.3) is 5.78 Å². The number of thioether (sulfide) groups is 1. The summed E-state index contributed by atoms with van der Waals surface area (Å²) in [7, 11) is 0. The Morgan fingerprint density at radius 3 is 2.51 bits per heavy atom. The maximum absolute atomic E-state index is 13.7. The van der Waals surface area contributed by atoms with Crippen LogP contribution in [0.5, 0.6) is 11.5 Å². The Morgan fingerprint density at radius 1 is 1.02 bits per heavy atom. The molecular weight excluding hydrogens is 653 g/mol. The van der Waals surface area contributed by atoms with E-state index in [4.69, 9.17) is 32.7 Å². The van der Waals surface area contributed by atoms with Crippen LogP contribution in [0.25, 0.3) is 5.76 Å². The molecule has 1 N–H and O–H groups in total. The van der Waals surface area contributed by atoms with Crippen molar-refractivity contribution in [2.45, 2.75) is 43.3 Å². The van der Waals surface area contributed by atoms with Gasteiger partial charge in [0.15, 0.2) is 4.34 Å². The summed E-state index contributed by atoms with van der Waals surface area (Å²) in [5, 5.41) is 21.4. The average Bonchev–Trinajstić information content (AvgIpc) is 3.58. The summed E-state index contributed by atoms with van der Waals surface area (Å²) in [6.07, 6.45) is 0.868. The van der Waals surface area contributed by atoms with Gasteiger partial charge in [-0.25, -0.2) is 0 Å². The lowest BCUT2D eigenvalue weighted by atomic mass is 9.95. The van der Waals surface area contributed by atoms with E-state index >= 15 is 0 Å². The molecule has 8 nitrogen and oxygen atoms in total. The summed E-state index contributed by atoms with van der Waals surface area (Å²) in [6, 6.07) is 18.2. The molecule has 0 bridgehead atoms. The molecule has 1 saturated heterocycles. The number of hydrogen-bond donors (Lipinski definition) is 1. The van der Waals surface area contributed by atoms with Crippen LogP contribution in [-0.4, -0.2) is 40.2 Å². The number of nitrogens with zero attached hydrogens (tertiary/aromatic N) is 3. The number of carbonyl (C=O) groups excluding carboxylic acids is 2. The van der Waals surface area contributed by atoms with Gasteiger partial charge < -0.3 is 14.6 Å². The number of aliphatic hydroxyl groups is 1. The highest BCUT2D eigenvalue weighted by Gasteiger charge is 2.48. The van der Waals surface area contributed by atoms with E-state index in [9.17, 15) is 14.7 Å². The minimum Gasteiger partial charge on any atom is -0.507 e. The van der Waals surface area contributed by atoms with Gasteiger partial charge in [-0.1, -0.05) is 78.3 Å². The molecular formula is C33H31Cl2N3O5S2.